The van der Waals surface area contributed by atoms with Crippen LogP contribution in [0.1, 0.15) is 36.0 Å². The van der Waals surface area contributed by atoms with E-state index in [1.807, 2.05) is 0 Å². The van der Waals surface area contributed by atoms with E-state index in [0.717, 1.165) is 12.1 Å². The van der Waals surface area contributed by atoms with E-state index in [-0.39, 0.29) is 25.0 Å². The summed E-state index contributed by atoms with van der Waals surface area (Å²) in [5.41, 5.74) is 5.75. The Kier molecular flexibility index (Phi) is 10.5. The van der Waals surface area contributed by atoms with E-state index in [0.29, 0.717) is 25.1 Å². The number of para-hydroxylation sites is 1. The van der Waals surface area contributed by atoms with Crippen LogP contribution in [0.4, 0.5) is 13.2 Å². The van der Waals surface area contributed by atoms with E-state index in [4.69, 9.17) is 15.2 Å². The minimum atomic E-state index is -0.931. The average Bonchev–Trinajstić information content (AvgIpc) is 2.78. The second-order valence-corrected chi connectivity index (χ2v) is 7.04. The van der Waals surface area contributed by atoms with Gasteiger partial charge >= 0.3 is 0 Å². The Morgan fingerprint density at radius 2 is 1.72 bits per heavy atom. The third-order valence-corrected chi connectivity index (χ3v) is 4.56. The first kappa shape index (κ1) is 25.2. The molecule has 2 aromatic rings. The van der Waals surface area contributed by atoms with Crippen molar-refractivity contribution in [3.8, 4) is 11.5 Å². The molecule has 0 aromatic heterocycles. The molecule has 3 N–H and O–H groups in total. The molecule has 1 amide bonds. The van der Waals surface area contributed by atoms with Crippen LogP contribution in [0.25, 0.3) is 0 Å². The molecule has 6 nitrogen and oxygen atoms in total. The Morgan fingerprint density at radius 3 is 2.41 bits per heavy atom. The Balaban J connectivity index is 2.05. The van der Waals surface area contributed by atoms with Crippen molar-refractivity contribution in [3.63, 3.8) is 0 Å². The van der Waals surface area contributed by atoms with Crippen LogP contribution in [0.15, 0.2) is 42.5 Å². The first-order valence-electron chi connectivity index (χ1n) is 10.4. The lowest BCUT2D eigenvalue weighted by molar-refractivity contribution is -0.123. The zero-order chi connectivity index (χ0) is 23.3. The van der Waals surface area contributed by atoms with Gasteiger partial charge in [0.2, 0.25) is 0 Å². The van der Waals surface area contributed by atoms with Crippen LogP contribution in [0.2, 0.25) is 0 Å². The molecule has 9 heteroatoms. The van der Waals surface area contributed by atoms with Crippen LogP contribution < -0.4 is 20.5 Å². The second kappa shape index (κ2) is 13.4. The number of hydrogen-bond donors (Lipinski definition) is 2. The van der Waals surface area contributed by atoms with Crippen LogP contribution in [0.3, 0.4) is 0 Å². The van der Waals surface area contributed by atoms with Crippen LogP contribution in [-0.2, 0) is 4.79 Å². The maximum atomic E-state index is 13.7. The summed E-state index contributed by atoms with van der Waals surface area (Å²) in [6.45, 7) is -0.529. The van der Waals surface area contributed by atoms with Crippen molar-refractivity contribution in [3.05, 3.63) is 59.7 Å². The monoisotopic (exact) mass is 452 g/mol. The number of unbranched alkanes of at least 4 members (excludes halogenated alkanes) is 1. The number of carbonyl (C=O) groups excluding carboxylic acids is 2. The summed E-state index contributed by atoms with van der Waals surface area (Å²) in [5, 5.41) is 2.64. The fourth-order valence-corrected chi connectivity index (χ4v) is 2.88. The van der Waals surface area contributed by atoms with E-state index < -0.39 is 48.4 Å². The highest BCUT2D eigenvalue weighted by Gasteiger charge is 2.23. The number of carbonyl (C=O) groups is 2. The molecule has 2 rings (SSSR count). The number of ether oxygens (including phenoxy) is 2. The molecule has 0 fully saturated rings. The molecule has 1 atom stereocenters. The maximum absolute atomic E-state index is 13.7. The van der Waals surface area contributed by atoms with Gasteiger partial charge in [-0.15, -0.1) is 0 Å². The normalized spacial score (nSPS) is 11.6. The molecule has 32 heavy (non-hydrogen) atoms. The highest BCUT2D eigenvalue weighted by Crippen LogP contribution is 2.21. The zero-order valence-corrected chi connectivity index (χ0v) is 17.6. The summed E-state index contributed by atoms with van der Waals surface area (Å²) in [6.07, 6.45) is 1.72. The highest BCUT2D eigenvalue weighted by molar-refractivity contribution is 5.98. The third kappa shape index (κ3) is 7.88. The molecule has 174 valence electrons. The predicted octanol–water partition coefficient (Wildman–Crippen LogP) is 3.58. The standard InChI is InChI=1S/C23H27F3N2O4/c24-11-5-13-31-17-7-3-6-16(14-17)23(30)28-20(10-1-2-12-27)21(29)15-32-22-18(25)8-4-9-19(22)26/h3-4,6-9,14,20H,1-2,5,10-13,15,27H2,(H,28,30). The number of alkyl halides is 1. The van der Waals surface area contributed by atoms with Gasteiger partial charge in [0.15, 0.2) is 23.2 Å². The summed E-state index contributed by atoms with van der Waals surface area (Å²) in [4.78, 5) is 25.4. The molecule has 0 aliphatic heterocycles. The van der Waals surface area contributed by atoms with Gasteiger partial charge in [-0.05, 0) is 56.1 Å². The SMILES string of the molecule is NCCCCC(NC(=O)c1cccc(OCCCF)c1)C(=O)COc1c(F)cccc1F. The van der Waals surface area contributed by atoms with E-state index >= 15 is 0 Å². The lowest BCUT2D eigenvalue weighted by Gasteiger charge is -2.18. The number of ketones is 1. The van der Waals surface area contributed by atoms with Gasteiger partial charge in [-0.1, -0.05) is 12.1 Å². The van der Waals surface area contributed by atoms with Gasteiger partial charge in [0.05, 0.1) is 19.3 Å². The molecule has 0 aliphatic carbocycles. The zero-order valence-electron chi connectivity index (χ0n) is 17.6. The number of halogens is 3. The molecule has 0 saturated carbocycles. The fourth-order valence-electron chi connectivity index (χ4n) is 2.88. The molecule has 0 radical (unpaired) electrons. The van der Waals surface area contributed by atoms with Crippen molar-refractivity contribution >= 4 is 11.7 Å². The van der Waals surface area contributed by atoms with Gasteiger partial charge < -0.3 is 20.5 Å². The molecule has 2 aromatic carbocycles. The molecule has 0 spiro atoms. The average molecular weight is 452 g/mol. The first-order valence-corrected chi connectivity index (χ1v) is 10.4. The van der Waals surface area contributed by atoms with E-state index in [9.17, 15) is 22.8 Å². The van der Waals surface area contributed by atoms with Crippen LogP contribution in [-0.4, -0.2) is 44.2 Å². The van der Waals surface area contributed by atoms with Gasteiger partial charge in [-0.25, -0.2) is 8.78 Å². The quantitative estimate of drug-likeness (QED) is 0.428. The molecule has 0 saturated heterocycles. The van der Waals surface area contributed by atoms with E-state index in [1.165, 1.54) is 12.1 Å². The van der Waals surface area contributed by atoms with Gasteiger partial charge in [0.1, 0.15) is 12.4 Å². The topological polar surface area (TPSA) is 90.6 Å². The number of Topliss-reactive ketones (excluding diaryl/α,β-unsaturated/α-hetero) is 1. The van der Waals surface area contributed by atoms with E-state index in [2.05, 4.69) is 5.32 Å². The Bertz CT molecular complexity index is 875. The Morgan fingerprint density at radius 1 is 1.00 bits per heavy atom. The number of nitrogens with one attached hydrogen (secondary N) is 1. The van der Waals surface area contributed by atoms with Crippen molar-refractivity contribution in [2.75, 3.05) is 26.4 Å². The van der Waals surface area contributed by atoms with Crippen LogP contribution >= 0.6 is 0 Å². The second-order valence-electron chi connectivity index (χ2n) is 7.04. The molecule has 0 bridgehead atoms. The van der Waals surface area contributed by atoms with Crippen molar-refractivity contribution in [2.45, 2.75) is 31.7 Å². The van der Waals surface area contributed by atoms with Gasteiger partial charge in [-0.2, -0.15) is 0 Å². The number of benzene rings is 2. The van der Waals surface area contributed by atoms with Crippen molar-refractivity contribution in [2.24, 2.45) is 5.73 Å². The number of amides is 1. The molecular formula is C23H27F3N2O4. The largest absolute Gasteiger partial charge is 0.493 e. The van der Waals surface area contributed by atoms with Crippen molar-refractivity contribution < 1.29 is 32.2 Å². The van der Waals surface area contributed by atoms with Crippen molar-refractivity contribution in [1.29, 1.82) is 0 Å². The number of rotatable bonds is 14. The summed E-state index contributed by atoms with van der Waals surface area (Å²) in [7, 11) is 0. The smallest absolute Gasteiger partial charge is 0.251 e. The minimum Gasteiger partial charge on any atom is -0.493 e. The number of hydrogen-bond acceptors (Lipinski definition) is 5. The highest BCUT2D eigenvalue weighted by atomic mass is 19.1. The van der Waals surface area contributed by atoms with E-state index in [1.54, 1.807) is 18.2 Å². The molecule has 0 aliphatic rings. The number of nitrogens with two attached hydrogens (primary N) is 1. The predicted molar refractivity (Wildman–Crippen MR) is 114 cm³/mol. The van der Waals surface area contributed by atoms with Gasteiger partial charge in [0, 0.05) is 12.0 Å². The van der Waals surface area contributed by atoms with Crippen molar-refractivity contribution in [1.82, 2.24) is 5.32 Å². The Hall–Kier alpha value is -3.07. The van der Waals surface area contributed by atoms with Crippen LogP contribution in [0, 0.1) is 11.6 Å². The fraction of sp³-hybridized carbons (Fsp3) is 0.391. The summed E-state index contributed by atoms with van der Waals surface area (Å²) >= 11 is 0. The minimum absolute atomic E-state index is 0.172. The lowest BCUT2D eigenvalue weighted by Crippen LogP contribution is -2.43. The van der Waals surface area contributed by atoms with Gasteiger partial charge in [-0.3, -0.25) is 14.0 Å². The first-order chi connectivity index (χ1) is 15.5. The Labute approximate surface area is 184 Å². The summed E-state index contributed by atoms with van der Waals surface area (Å²) in [6, 6.07) is 8.57. The summed E-state index contributed by atoms with van der Waals surface area (Å²) < 4.78 is 50.1. The molecule has 1 unspecified atom stereocenters. The lowest BCUT2D eigenvalue weighted by atomic mass is 10.0. The van der Waals surface area contributed by atoms with Crippen LogP contribution in [0.5, 0.6) is 11.5 Å². The molecule has 0 heterocycles. The maximum Gasteiger partial charge on any atom is 0.251 e. The van der Waals surface area contributed by atoms with Gasteiger partial charge in [0.25, 0.3) is 5.91 Å². The molecular weight excluding hydrogens is 425 g/mol. The third-order valence-electron chi connectivity index (χ3n) is 4.56. The summed E-state index contributed by atoms with van der Waals surface area (Å²) in [5.74, 6) is -3.16.